The lowest BCUT2D eigenvalue weighted by molar-refractivity contribution is -0.133. The molecule has 0 saturated carbocycles. The number of aliphatic carboxylic acids is 1. The van der Waals surface area contributed by atoms with Gasteiger partial charge < -0.3 is 5.11 Å². The van der Waals surface area contributed by atoms with Crippen LogP contribution in [-0.4, -0.2) is 16.9 Å². The van der Waals surface area contributed by atoms with Crippen LogP contribution in [0, 0.1) is 0 Å². The van der Waals surface area contributed by atoms with Gasteiger partial charge in [0.25, 0.3) is 0 Å². The summed E-state index contributed by atoms with van der Waals surface area (Å²) in [7, 11) is 0. The lowest BCUT2D eigenvalue weighted by atomic mass is 10.0. The van der Waals surface area contributed by atoms with Crippen molar-refractivity contribution in [1.82, 2.24) is 5.32 Å². The number of ketones is 1. The molecular weight excluding hydrogens is 262 g/mol. The van der Waals surface area contributed by atoms with Crippen molar-refractivity contribution in [2.75, 3.05) is 0 Å². The first-order valence-corrected chi connectivity index (χ1v) is 4.88. The number of hydrogen-bond acceptors (Lipinski definition) is 2. The fraction of sp³-hybridized carbons (Fsp3) is 0. The molecule has 0 unspecified atom stereocenters. The zero-order chi connectivity index (χ0) is 11.0. The maximum atomic E-state index is 11.5. The van der Waals surface area contributed by atoms with Crippen molar-refractivity contribution in [1.29, 1.82) is 0 Å². The molecule has 0 fully saturated rings. The van der Waals surface area contributed by atoms with Crippen molar-refractivity contribution in [3.8, 4) is 0 Å². The Morgan fingerprint density at radius 1 is 1.40 bits per heavy atom. The van der Waals surface area contributed by atoms with Gasteiger partial charge in [-0.25, -0.2) is 10.1 Å². The van der Waals surface area contributed by atoms with E-state index in [1.165, 1.54) is 0 Å². The molecule has 4 nitrogen and oxygen atoms in total. The Balaban J connectivity index is 2.49. The summed E-state index contributed by atoms with van der Waals surface area (Å²) in [6, 6.07) is 4.93. The maximum Gasteiger partial charge on any atom is 0.354 e. The van der Waals surface area contributed by atoms with E-state index in [4.69, 9.17) is 5.11 Å². The van der Waals surface area contributed by atoms with Gasteiger partial charge in [-0.1, -0.05) is 15.9 Å². The number of halogens is 1. The number of rotatable bonds is 1. The van der Waals surface area contributed by atoms with E-state index >= 15 is 0 Å². The molecule has 0 saturated heterocycles. The van der Waals surface area contributed by atoms with E-state index in [0.29, 0.717) is 11.3 Å². The predicted molar refractivity (Wildman–Crippen MR) is 56.0 cm³/mol. The van der Waals surface area contributed by atoms with Gasteiger partial charge in [0, 0.05) is 16.1 Å². The molecule has 1 N–H and O–H groups in total. The second-order valence-electron chi connectivity index (χ2n) is 2.97. The van der Waals surface area contributed by atoms with Crippen LogP contribution in [0.15, 0.2) is 34.4 Å². The highest BCUT2D eigenvalue weighted by molar-refractivity contribution is 9.10. The third-order valence-electron chi connectivity index (χ3n) is 1.95. The Morgan fingerprint density at radius 2 is 2.13 bits per heavy atom. The van der Waals surface area contributed by atoms with Gasteiger partial charge >= 0.3 is 5.97 Å². The molecule has 1 aliphatic heterocycles. The zero-order valence-corrected chi connectivity index (χ0v) is 8.98. The zero-order valence-electron chi connectivity index (χ0n) is 7.40. The monoisotopic (exact) mass is 266 g/mol. The van der Waals surface area contributed by atoms with E-state index in [9.17, 15) is 9.59 Å². The second kappa shape index (κ2) is 3.51. The first kappa shape index (κ1) is 9.92. The van der Waals surface area contributed by atoms with Crippen LogP contribution in [0.25, 0.3) is 0 Å². The number of benzene rings is 1. The minimum Gasteiger partial charge on any atom is -0.477 e. The molecule has 0 bridgehead atoms. The summed E-state index contributed by atoms with van der Waals surface area (Å²) >= 11 is 3.23. The fourth-order valence-corrected chi connectivity index (χ4v) is 1.64. The molecule has 1 aromatic rings. The molecule has 5 heteroatoms. The smallest absolute Gasteiger partial charge is 0.354 e. The molecule has 0 spiro atoms. The topological polar surface area (TPSA) is 68.5 Å². The number of carbonyl (C=O) groups excluding carboxylic acids is 1. The van der Waals surface area contributed by atoms with E-state index in [-0.39, 0.29) is 11.5 Å². The van der Waals surface area contributed by atoms with Gasteiger partial charge in [0.2, 0.25) is 0 Å². The molecule has 0 atom stereocenters. The summed E-state index contributed by atoms with van der Waals surface area (Å²) in [6.07, 6.45) is 1.02. The fourth-order valence-electron chi connectivity index (χ4n) is 1.28. The van der Waals surface area contributed by atoms with Crippen LogP contribution in [0.5, 0.6) is 0 Å². The Morgan fingerprint density at radius 3 is 2.80 bits per heavy atom. The van der Waals surface area contributed by atoms with Gasteiger partial charge in [0.05, 0.1) is 5.69 Å². The summed E-state index contributed by atoms with van der Waals surface area (Å²) in [4.78, 5) is 22.2. The average molecular weight is 267 g/mol. The van der Waals surface area contributed by atoms with Crippen molar-refractivity contribution in [3.63, 3.8) is 0 Å². The van der Waals surface area contributed by atoms with Crippen molar-refractivity contribution in [2.45, 2.75) is 0 Å². The van der Waals surface area contributed by atoms with Crippen LogP contribution in [0.4, 0.5) is 5.69 Å². The van der Waals surface area contributed by atoms with Crippen LogP contribution in [0.3, 0.4) is 0 Å². The Bertz CT molecular complexity index is 493. The third kappa shape index (κ3) is 1.78. The molecule has 1 radical (unpaired) electrons. The number of carboxylic acids is 1. The van der Waals surface area contributed by atoms with Gasteiger partial charge in [0.1, 0.15) is 0 Å². The molecule has 2 rings (SSSR count). The first-order valence-electron chi connectivity index (χ1n) is 4.08. The quantitative estimate of drug-likeness (QED) is 0.844. The largest absolute Gasteiger partial charge is 0.477 e. The summed E-state index contributed by atoms with van der Waals surface area (Å²) in [5.41, 5.74) is 0.576. The van der Waals surface area contributed by atoms with E-state index in [1.54, 1.807) is 18.2 Å². The standard InChI is InChI=1S/C10H5BrNO3/c11-5-1-2-7-6(3-5)9(13)4-8(12-7)10(14)15/h1-4H,(H,14,15). The highest BCUT2D eigenvalue weighted by Gasteiger charge is 2.22. The third-order valence-corrected chi connectivity index (χ3v) is 2.45. The number of hydrogen-bond donors (Lipinski definition) is 1. The Labute approximate surface area is 93.7 Å². The van der Waals surface area contributed by atoms with Gasteiger partial charge in [-0.3, -0.25) is 4.79 Å². The second-order valence-corrected chi connectivity index (χ2v) is 3.89. The van der Waals surface area contributed by atoms with Crippen LogP contribution in [-0.2, 0) is 4.79 Å². The van der Waals surface area contributed by atoms with E-state index in [1.807, 2.05) is 0 Å². The van der Waals surface area contributed by atoms with Crippen LogP contribution < -0.4 is 5.32 Å². The van der Waals surface area contributed by atoms with Crippen LogP contribution in [0.2, 0.25) is 0 Å². The van der Waals surface area contributed by atoms with E-state index in [0.717, 1.165) is 10.5 Å². The average Bonchev–Trinajstić information content (AvgIpc) is 2.18. The summed E-state index contributed by atoms with van der Waals surface area (Å²) < 4.78 is 0.761. The Kier molecular flexibility index (Phi) is 2.32. The lowest BCUT2D eigenvalue weighted by Crippen LogP contribution is -2.18. The Hall–Kier alpha value is -1.62. The van der Waals surface area contributed by atoms with E-state index in [2.05, 4.69) is 21.2 Å². The number of fused-ring (bicyclic) bond motifs is 1. The molecular formula is C10H5BrNO3. The van der Waals surface area contributed by atoms with Gasteiger partial charge in [-0.2, -0.15) is 0 Å². The predicted octanol–water partition coefficient (Wildman–Crippen LogP) is 1.85. The minimum absolute atomic E-state index is 0.227. The van der Waals surface area contributed by atoms with Gasteiger partial charge in [-0.05, 0) is 18.2 Å². The number of allylic oxidation sites excluding steroid dienone is 1. The normalized spacial score (nSPS) is 13.9. The molecule has 1 aliphatic rings. The van der Waals surface area contributed by atoms with Crippen LogP contribution in [0.1, 0.15) is 10.4 Å². The van der Waals surface area contributed by atoms with Crippen molar-refractivity contribution in [3.05, 3.63) is 40.0 Å². The van der Waals surface area contributed by atoms with Crippen molar-refractivity contribution >= 4 is 33.4 Å². The molecule has 0 amide bonds. The number of carbonyl (C=O) groups is 2. The highest BCUT2D eigenvalue weighted by atomic mass is 79.9. The number of nitrogens with zero attached hydrogens (tertiary/aromatic N) is 1. The molecule has 75 valence electrons. The maximum absolute atomic E-state index is 11.5. The molecule has 1 heterocycles. The number of carboxylic acid groups (broad SMARTS) is 1. The van der Waals surface area contributed by atoms with Gasteiger partial charge in [-0.15, -0.1) is 0 Å². The van der Waals surface area contributed by atoms with Crippen molar-refractivity contribution < 1.29 is 14.7 Å². The highest BCUT2D eigenvalue weighted by Crippen LogP contribution is 2.26. The molecule has 0 aliphatic carbocycles. The summed E-state index contributed by atoms with van der Waals surface area (Å²) in [5, 5.41) is 12.6. The van der Waals surface area contributed by atoms with E-state index < -0.39 is 5.97 Å². The minimum atomic E-state index is -1.20. The summed E-state index contributed by atoms with van der Waals surface area (Å²) in [6.45, 7) is 0. The lowest BCUT2D eigenvalue weighted by Gasteiger charge is -2.13. The molecule has 0 aromatic heterocycles. The molecule has 15 heavy (non-hydrogen) atoms. The van der Waals surface area contributed by atoms with Crippen LogP contribution >= 0.6 is 15.9 Å². The summed E-state index contributed by atoms with van der Waals surface area (Å²) in [5.74, 6) is -1.53. The van der Waals surface area contributed by atoms with Crippen molar-refractivity contribution in [2.24, 2.45) is 0 Å². The first-order chi connectivity index (χ1) is 7.08. The van der Waals surface area contributed by atoms with Gasteiger partial charge in [0.15, 0.2) is 11.5 Å². The molecule has 1 aromatic carbocycles. The SMILES string of the molecule is O=C(O)C1=CC(=O)c2cc(Br)ccc2[N]1.